The van der Waals surface area contributed by atoms with Crippen LogP contribution in [0.15, 0.2) is 24.5 Å². The molecule has 0 spiro atoms. The molecule has 4 nitrogen and oxygen atoms in total. The molecule has 0 saturated carbocycles. The quantitative estimate of drug-likeness (QED) is 0.834. The maximum absolute atomic E-state index is 5.77. The highest BCUT2D eigenvalue weighted by atomic mass is 16.5. The molecular weight excluding hydrogens is 228 g/mol. The van der Waals surface area contributed by atoms with E-state index in [1.807, 2.05) is 24.5 Å². The molecule has 3 rings (SSSR count). The summed E-state index contributed by atoms with van der Waals surface area (Å²) in [6.07, 6.45) is 8.68. The van der Waals surface area contributed by atoms with Gasteiger partial charge in [-0.2, -0.15) is 0 Å². The molecule has 1 aliphatic rings. The number of hydrogen-bond acceptors (Lipinski definition) is 3. The van der Waals surface area contributed by atoms with E-state index in [0.29, 0.717) is 6.10 Å². The Balaban J connectivity index is 1.88. The molecule has 0 amide bonds. The zero-order chi connectivity index (χ0) is 12.4. The van der Waals surface area contributed by atoms with Crippen molar-refractivity contribution in [1.82, 2.24) is 9.38 Å². The van der Waals surface area contributed by atoms with E-state index in [1.54, 1.807) is 7.11 Å². The smallest absolute Gasteiger partial charge is 0.144 e. The van der Waals surface area contributed by atoms with Gasteiger partial charge in [0, 0.05) is 19.2 Å². The Morgan fingerprint density at radius 2 is 2.44 bits per heavy atom. The molecule has 1 saturated heterocycles. The van der Waals surface area contributed by atoms with Crippen LogP contribution in [0.2, 0.25) is 0 Å². The monoisotopic (exact) mass is 246 g/mol. The van der Waals surface area contributed by atoms with Crippen molar-refractivity contribution in [3.63, 3.8) is 0 Å². The van der Waals surface area contributed by atoms with Crippen LogP contribution in [0.4, 0.5) is 0 Å². The summed E-state index contributed by atoms with van der Waals surface area (Å²) in [5.74, 6) is 1.91. The van der Waals surface area contributed by atoms with Crippen LogP contribution < -0.4 is 4.74 Å². The Morgan fingerprint density at radius 3 is 3.22 bits per heavy atom. The van der Waals surface area contributed by atoms with Crippen molar-refractivity contribution in [2.75, 3.05) is 13.7 Å². The molecule has 2 aromatic heterocycles. The molecule has 0 bridgehead atoms. The first-order valence-electron chi connectivity index (χ1n) is 6.49. The molecule has 0 radical (unpaired) electrons. The van der Waals surface area contributed by atoms with Crippen molar-refractivity contribution in [3.8, 4) is 5.75 Å². The van der Waals surface area contributed by atoms with Crippen molar-refractivity contribution >= 4 is 5.52 Å². The van der Waals surface area contributed by atoms with Crippen molar-refractivity contribution < 1.29 is 9.47 Å². The minimum absolute atomic E-state index is 0.315. The molecule has 4 heteroatoms. The molecule has 2 aromatic rings. The highest BCUT2D eigenvalue weighted by molar-refractivity contribution is 5.59. The van der Waals surface area contributed by atoms with E-state index in [2.05, 4.69) is 9.38 Å². The van der Waals surface area contributed by atoms with Crippen molar-refractivity contribution in [2.24, 2.45) is 0 Å². The summed E-state index contributed by atoms with van der Waals surface area (Å²) in [4.78, 5) is 4.50. The SMILES string of the molecule is COc1cccn2c(CC3CCCCO3)ncc12. The van der Waals surface area contributed by atoms with E-state index < -0.39 is 0 Å². The number of rotatable bonds is 3. The van der Waals surface area contributed by atoms with Gasteiger partial charge in [-0.05, 0) is 31.4 Å². The Labute approximate surface area is 107 Å². The van der Waals surface area contributed by atoms with E-state index in [9.17, 15) is 0 Å². The summed E-state index contributed by atoms with van der Waals surface area (Å²) in [5, 5.41) is 0. The van der Waals surface area contributed by atoms with Crippen LogP contribution in [0.5, 0.6) is 5.75 Å². The lowest BCUT2D eigenvalue weighted by Crippen LogP contribution is -2.22. The van der Waals surface area contributed by atoms with Crippen LogP contribution >= 0.6 is 0 Å². The molecule has 1 aliphatic heterocycles. The lowest BCUT2D eigenvalue weighted by molar-refractivity contribution is 0.0156. The Bertz CT molecular complexity index is 530. The number of imidazole rings is 1. The van der Waals surface area contributed by atoms with Gasteiger partial charge in [0.15, 0.2) is 0 Å². The molecule has 18 heavy (non-hydrogen) atoms. The fraction of sp³-hybridized carbons (Fsp3) is 0.500. The van der Waals surface area contributed by atoms with Gasteiger partial charge in [-0.3, -0.25) is 0 Å². The summed E-state index contributed by atoms with van der Waals surface area (Å²) in [7, 11) is 1.69. The normalized spacial score (nSPS) is 20.2. The van der Waals surface area contributed by atoms with E-state index >= 15 is 0 Å². The van der Waals surface area contributed by atoms with Crippen molar-refractivity contribution in [2.45, 2.75) is 31.8 Å². The first-order chi connectivity index (χ1) is 8.88. The molecule has 1 atom stereocenters. The fourth-order valence-corrected chi connectivity index (χ4v) is 2.55. The lowest BCUT2D eigenvalue weighted by Gasteiger charge is -2.21. The Kier molecular flexibility index (Phi) is 3.19. The summed E-state index contributed by atoms with van der Waals surface area (Å²) in [6, 6.07) is 3.94. The summed E-state index contributed by atoms with van der Waals surface area (Å²) < 4.78 is 13.2. The predicted octanol–water partition coefficient (Wildman–Crippen LogP) is 2.45. The number of hydrogen-bond donors (Lipinski definition) is 0. The van der Waals surface area contributed by atoms with Crippen LogP contribution in [0.25, 0.3) is 5.52 Å². The van der Waals surface area contributed by atoms with Gasteiger partial charge >= 0.3 is 0 Å². The van der Waals surface area contributed by atoms with Crippen LogP contribution in [-0.2, 0) is 11.2 Å². The van der Waals surface area contributed by atoms with Crippen LogP contribution in [0.1, 0.15) is 25.1 Å². The van der Waals surface area contributed by atoms with Gasteiger partial charge in [0.25, 0.3) is 0 Å². The molecule has 0 aromatic carbocycles. The first kappa shape index (κ1) is 11.5. The third-order valence-electron chi connectivity index (χ3n) is 3.51. The van der Waals surface area contributed by atoms with Gasteiger partial charge in [0.1, 0.15) is 17.1 Å². The number of fused-ring (bicyclic) bond motifs is 1. The fourth-order valence-electron chi connectivity index (χ4n) is 2.55. The summed E-state index contributed by atoms with van der Waals surface area (Å²) in [6.45, 7) is 0.886. The van der Waals surface area contributed by atoms with Crippen LogP contribution in [0, 0.1) is 0 Å². The molecule has 96 valence electrons. The summed E-state index contributed by atoms with van der Waals surface area (Å²) in [5.41, 5.74) is 1.02. The molecule has 1 fully saturated rings. The van der Waals surface area contributed by atoms with Gasteiger partial charge in [-0.1, -0.05) is 0 Å². The molecule has 0 N–H and O–H groups in total. The molecule has 3 heterocycles. The maximum atomic E-state index is 5.77. The maximum Gasteiger partial charge on any atom is 0.144 e. The second-order valence-electron chi connectivity index (χ2n) is 4.70. The zero-order valence-corrected chi connectivity index (χ0v) is 10.6. The molecule has 0 aliphatic carbocycles. The van der Waals surface area contributed by atoms with Gasteiger partial charge in [0.05, 0.1) is 19.4 Å². The van der Waals surface area contributed by atoms with Crippen molar-refractivity contribution in [1.29, 1.82) is 0 Å². The number of nitrogens with zero attached hydrogens (tertiary/aromatic N) is 2. The van der Waals surface area contributed by atoms with Gasteiger partial charge < -0.3 is 13.9 Å². The standard InChI is InChI=1S/C14H18N2O2/c1-17-13-6-4-7-16-12(13)10-15-14(16)9-11-5-2-3-8-18-11/h4,6-7,10-11H,2-3,5,8-9H2,1H3. The average molecular weight is 246 g/mol. The number of pyridine rings is 1. The number of aromatic nitrogens is 2. The van der Waals surface area contributed by atoms with E-state index in [0.717, 1.165) is 36.5 Å². The topological polar surface area (TPSA) is 35.8 Å². The van der Waals surface area contributed by atoms with Gasteiger partial charge in [-0.25, -0.2) is 4.98 Å². The van der Waals surface area contributed by atoms with Gasteiger partial charge in [-0.15, -0.1) is 0 Å². The largest absolute Gasteiger partial charge is 0.494 e. The number of methoxy groups -OCH3 is 1. The number of ether oxygens (including phenoxy) is 2. The van der Waals surface area contributed by atoms with Crippen LogP contribution in [0.3, 0.4) is 0 Å². The van der Waals surface area contributed by atoms with Crippen molar-refractivity contribution in [3.05, 3.63) is 30.4 Å². The van der Waals surface area contributed by atoms with Crippen LogP contribution in [-0.4, -0.2) is 29.2 Å². The second-order valence-corrected chi connectivity index (χ2v) is 4.70. The predicted molar refractivity (Wildman–Crippen MR) is 69.0 cm³/mol. The highest BCUT2D eigenvalue weighted by Gasteiger charge is 2.17. The minimum atomic E-state index is 0.315. The van der Waals surface area contributed by atoms with E-state index in [1.165, 1.54) is 12.8 Å². The third-order valence-corrected chi connectivity index (χ3v) is 3.51. The van der Waals surface area contributed by atoms with E-state index in [4.69, 9.17) is 9.47 Å². The lowest BCUT2D eigenvalue weighted by atomic mass is 10.1. The Morgan fingerprint density at radius 1 is 1.50 bits per heavy atom. The molecule has 1 unspecified atom stereocenters. The summed E-state index contributed by atoms with van der Waals surface area (Å²) >= 11 is 0. The zero-order valence-electron chi connectivity index (χ0n) is 10.6. The first-order valence-corrected chi connectivity index (χ1v) is 6.49. The average Bonchev–Trinajstić information content (AvgIpc) is 2.83. The third kappa shape index (κ3) is 2.08. The van der Waals surface area contributed by atoms with E-state index in [-0.39, 0.29) is 0 Å². The Hall–Kier alpha value is -1.55. The van der Waals surface area contributed by atoms with Gasteiger partial charge in [0.2, 0.25) is 0 Å². The minimum Gasteiger partial charge on any atom is -0.494 e. The second kappa shape index (κ2) is 4.98. The molecular formula is C14H18N2O2. The highest BCUT2D eigenvalue weighted by Crippen LogP contribution is 2.22.